The number of rotatable bonds is 1. The van der Waals surface area contributed by atoms with Crippen molar-refractivity contribution in [2.75, 3.05) is 5.73 Å². The van der Waals surface area contributed by atoms with Gasteiger partial charge in [-0.1, -0.05) is 0 Å². The number of nitrogens with two attached hydrogens (primary N) is 1. The van der Waals surface area contributed by atoms with E-state index < -0.39 is 5.82 Å². The van der Waals surface area contributed by atoms with Gasteiger partial charge < -0.3 is 10.7 Å². The largest absolute Gasteiger partial charge is 0.396 e. The minimum absolute atomic E-state index is 0.0647. The summed E-state index contributed by atoms with van der Waals surface area (Å²) in [5.74, 6) is 0.0763. The molecule has 0 fully saturated rings. The molecule has 7 nitrogen and oxygen atoms in total. The highest BCUT2D eigenvalue weighted by molar-refractivity contribution is 5.85. The Hall–Kier alpha value is -3.03. The van der Waals surface area contributed by atoms with Gasteiger partial charge in [-0.2, -0.15) is 0 Å². The van der Waals surface area contributed by atoms with Gasteiger partial charge in [0.25, 0.3) is 0 Å². The predicted octanol–water partition coefficient (Wildman–Crippen LogP) is 1.39. The quantitative estimate of drug-likeness (QED) is 0.509. The minimum Gasteiger partial charge on any atom is -0.396 e. The number of aromatic nitrogens is 6. The summed E-state index contributed by atoms with van der Waals surface area (Å²) >= 11 is 0. The van der Waals surface area contributed by atoms with Crippen LogP contribution in [0.5, 0.6) is 0 Å². The Morgan fingerprint density at radius 1 is 1.20 bits per heavy atom. The van der Waals surface area contributed by atoms with Gasteiger partial charge in [0, 0.05) is 5.56 Å². The molecule has 0 unspecified atom stereocenters. The number of benzene rings is 1. The average Bonchev–Trinajstić information content (AvgIpc) is 3.06. The number of fused-ring (bicyclic) bond motifs is 3. The number of hydrogen-bond acceptors (Lipinski definition) is 5. The molecular formula is C12H8FN7. The number of hydrogen-bond donors (Lipinski definition) is 2. The van der Waals surface area contributed by atoms with E-state index in [4.69, 9.17) is 5.73 Å². The van der Waals surface area contributed by atoms with Gasteiger partial charge in [0.15, 0.2) is 17.1 Å². The first-order valence-corrected chi connectivity index (χ1v) is 5.82. The first kappa shape index (κ1) is 10.9. The lowest BCUT2D eigenvalue weighted by Crippen LogP contribution is -1.95. The van der Waals surface area contributed by atoms with Gasteiger partial charge in [0.2, 0.25) is 0 Å². The van der Waals surface area contributed by atoms with Crippen LogP contribution in [0, 0.1) is 5.82 Å². The van der Waals surface area contributed by atoms with Gasteiger partial charge in [-0.15, -0.1) is 10.2 Å². The fraction of sp³-hybridized carbons (Fsp3) is 0. The maximum Gasteiger partial charge on any atom is 0.190 e. The van der Waals surface area contributed by atoms with E-state index in [-0.39, 0.29) is 5.69 Å². The van der Waals surface area contributed by atoms with Gasteiger partial charge in [-0.3, -0.25) is 4.40 Å². The molecule has 4 aromatic rings. The van der Waals surface area contributed by atoms with Crippen molar-refractivity contribution in [1.29, 1.82) is 0 Å². The third-order valence-corrected chi connectivity index (χ3v) is 3.09. The summed E-state index contributed by atoms with van der Waals surface area (Å²) in [6.45, 7) is 0. The van der Waals surface area contributed by atoms with Crippen LogP contribution in [0.15, 0.2) is 30.9 Å². The van der Waals surface area contributed by atoms with E-state index in [9.17, 15) is 4.39 Å². The number of aromatic amines is 1. The summed E-state index contributed by atoms with van der Waals surface area (Å²) in [4.78, 5) is 11.2. The van der Waals surface area contributed by atoms with E-state index in [1.54, 1.807) is 23.1 Å². The maximum absolute atomic E-state index is 13.2. The molecule has 0 bridgehead atoms. The lowest BCUT2D eigenvalue weighted by atomic mass is 10.2. The summed E-state index contributed by atoms with van der Waals surface area (Å²) in [7, 11) is 0. The van der Waals surface area contributed by atoms with Gasteiger partial charge in [-0.25, -0.2) is 14.4 Å². The molecule has 3 N–H and O–H groups in total. The highest BCUT2D eigenvalue weighted by Crippen LogP contribution is 2.23. The van der Waals surface area contributed by atoms with Crippen LogP contribution in [0.3, 0.4) is 0 Å². The summed E-state index contributed by atoms with van der Waals surface area (Å²) in [6, 6.07) is 4.41. The molecule has 3 heterocycles. The second-order valence-electron chi connectivity index (χ2n) is 4.30. The van der Waals surface area contributed by atoms with Crippen LogP contribution in [-0.2, 0) is 0 Å². The highest BCUT2D eigenvalue weighted by Gasteiger charge is 2.13. The average molecular weight is 269 g/mol. The van der Waals surface area contributed by atoms with Crippen molar-refractivity contribution in [3.8, 4) is 11.4 Å². The van der Waals surface area contributed by atoms with E-state index in [0.29, 0.717) is 28.2 Å². The van der Waals surface area contributed by atoms with Crippen molar-refractivity contribution in [2.45, 2.75) is 0 Å². The SMILES string of the molecule is Nc1cc(-c2nnc3c4[nH]cnc4ncn23)ccc1F. The number of nitrogens with one attached hydrogen (secondary N) is 1. The van der Waals surface area contributed by atoms with Crippen molar-refractivity contribution in [3.63, 3.8) is 0 Å². The van der Waals surface area contributed by atoms with E-state index in [0.717, 1.165) is 0 Å². The number of nitrogens with zero attached hydrogens (tertiary/aromatic N) is 5. The predicted molar refractivity (Wildman–Crippen MR) is 70.2 cm³/mol. The Bertz CT molecular complexity index is 939. The zero-order chi connectivity index (χ0) is 13.7. The van der Waals surface area contributed by atoms with Gasteiger partial charge >= 0.3 is 0 Å². The van der Waals surface area contributed by atoms with Crippen molar-refractivity contribution >= 4 is 22.5 Å². The normalized spacial score (nSPS) is 11.4. The lowest BCUT2D eigenvalue weighted by Gasteiger charge is -2.02. The Kier molecular flexibility index (Phi) is 2.02. The molecule has 3 aromatic heterocycles. The minimum atomic E-state index is -0.461. The molecule has 4 rings (SSSR count). The number of H-pyrrole nitrogens is 1. The van der Waals surface area contributed by atoms with Crippen LogP contribution in [0.2, 0.25) is 0 Å². The molecule has 20 heavy (non-hydrogen) atoms. The van der Waals surface area contributed by atoms with Crippen molar-refractivity contribution in [3.05, 3.63) is 36.7 Å². The van der Waals surface area contributed by atoms with E-state index in [2.05, 4.69) is 25.1 Å². The van der Waals surface area contributed by atoms with Crippen LogP contribution in [0.25, 0.3) is 28.2 Å². The smallest absolute Gasteiger partial charge is 0.190 e. The fourth-order valence-corrected chi connectivity index (χ4v) is 2.11. The molecule has 0 saturated carbocycles. The van der Waals surface area contributed by atoms with Crippen molar-refractivity contribution < 1.29 is 4.39 Å². The monoisotopic (exact) mass is 269 g/mol. The zero-order valence-corrected chi connectivity index (χ0v) is 10.1. The topological polar surface area (TPSA) is 97.8 Å². The Morgan fingerprint density at radius 3 is 2.95 bits per heavy atom. The number of anilines is 1. The van der Waals surface area contributed by atoms with Crippen molar-refractivity contribution in [2.24, 2.45) is 0 Å². The number of halogens is 1. The number of imidazole rings is 1. The third kappa shape index (κ3) is 1.38. The van der Waals surface area contributed by atoms with Crippen LogP contribution in [0.1, 0.15) is 0 Å². The zero-order valence-electron chi connectivity index (χ0n) is 10.1. The van der Waals surface area contributed by atoms with E-state index >= 15 is 0 Å². The molecule has 98 valence electrons. The Labute approximate surface area is 111 Å². The molecule has 0 aliphatic carbocycles. The van der Waals surface area contributed by atoms with Crippen LogP contribution >= 0.6 is 0 Å². The first-order valence-electron chi connectivity index (χ1n) is 5.82. The highest BCUT2D eigenvalue weighted by atomic mass is 19.1. The Morgan fingerprint density at radius 2 is 2.10 bits per heavy atom. The van der Waals surface area contributed by atoms with Gasteiger partial charge in [0.1, 0.15) is 17.7 Å². The second kappa shape index (κ2) is 3.73. The molecule has 0 spiro atoms. The summed E-state index contributed by atoms with van der Waals surface area (Å²) in [5.41, 5.74) is 8.17. The standard InChI is InChI=1S/C12H8FN7/c13-7-2-1-6(3-8(7)14)11-18-19-12-9-10(16-4-15-9)17-5-20(11)12/h1-5H,14H2,(H,15,16). The van der Waals surface area contributed by atoms with Crippen molar-refractivity contribution in [1.82, 2.24) is 29.5 Å². The summed E-state index contributed by atoms with van der Waals surface area (Å²) < 4.78 is 14.9. The van der Waals surface area contributed by atoms with Gasteiger partial charge in [0.05, 0.1) is 12.0 Å². The molecule has 0 saturated heterocycles. The molecule has 0 amide bonds. The third-order valence-electron chi connectivity index (χ3n) is 3.09. The molecular weight excluding hydrogens is 261 g/mol. The maximum atomic E-state index is 13.2. The second-order valence-corrected chi connectivity index (χ2v) is 4.30. The fourth-order valence-electron chi connectivity index (χ4n) is 2.11. The molecule has 1 aromatic carbocycles. The molecule has 0 aliphatic rings. The van der Waals surface area contributed by atoms with Crippen LogP contribution < -0.4 is 5.73 Å². The summed E-state index contributed by atoms with van der Waals surface area (Å²) in [6.07, 6.45) is 3.12. The van der Waals surface area contributed by atoms with Crippen LogP contribution in [0.4, 0.5) is 10.1 Å². The molecule has 0 aliphatic heterocycles. The number of nitrogen functional groups attached to an aromatic ring is 1. The first-order chi connectivity index (χ1) is 9.74. The summed E-state index contributed by atoms with van der Waals surface area (Å²) in [5, 5.41) is 8.23. The van der Waals surface area contributed by atoms with Crippen LogP contribution in [-0.4, -0.2) is 29.5 Å². The lowest BCUT2D eigenvalue weighted by molar-refractivity contribution is 0.632. The molecule has 0 radical (unpaired) electrons. The van der Waals surface area contributed by atoms with E-state index in [1.807, 2.05) is 0 Å². The Balaban J connectivity index is 2.02. The van der Waals surface area contributed by atoms with Gasteiger partial charge in [-0.05, 0) is 18.2 Å². The molecule has 0 atom stereocenters. The molecule has 8 heteroatoms. The van der Waals surface area contributed by atoms with E-state index in [1.165, 1.54) is 12.1 Å².